The predicted octanol–water partition coefficient (Wildman–Crippen LogP) is 2.13. The predicted molar refractivity (Wildman–Crippen MR) is 65.1 cm³/mol. The Hall–Kier alpha value is -1.62. The number of nitrogens with zero attached hydrogens (tertiary/aromatic N) is 1. The van der Waals surface area contributed by atoms with Crippen LogP contribution >= 0.6 is 0 Å². The molecule has 0 amide bonds. The molecule has 5 nitrogen and oxygen atoms in total. The molecule has 5 heteroatoms. The minimum Gasteiger partial charge on any atom is -0.477 e. The van der Waals surface area contributed by atoms with E-state index in [2.05, 4.69) is 0 Å². The first-order valence-corrected chi connectivity index (χ1v) is 6.10. The van der Waals surface area contributed by atoms with Crippen molar-refractivity contribution >= 4 is 11.8 Å². The highest BCUT2D eigenvalue weighted by Gasteiger charge is 2.33. The lowest BCUT2D eigenvalue weighted by Crippen LogP contribution is -2.34. The summed E-state index contributed by atoms with van der Waals surface area (Å²) in [6.07, 6.45) is 3.46. The third kappa shape index (κ3) is 2.31. The number of carboxylic acid groups (broad SMARTS) is 1. The van der Waals surface area contributed by atoms with Crippen LogP contribution in [-0.4, -0.2) is 34.1 Å². The second-order valence-electron chi connectivity index (χ2n) is 4.59. The number of hydrogen-bond donors (Lipinski definition) is 1. The molecule has 0 unspecified atom stereocenters. The second kappa shape index (κ2) is 4.94. The van der Waals surface area contributed by atoms with Crippen molar-refractivity contribution in [2.45, 2.75) is 38.8 Å². The Labute approximate surface area is 105 Å². The molecular weight excluding hydrogens is 234 g/mol. The van der Waals surface area contributed by atoms with Gasteiger partial charge in [-0.25, -0.2) is 4.79 Å². The van der Waals surface area contributed by atoms with Crippen LogP contribution in [-0.2, 0) is 4.74 Å². The SMILES string of the molecule is CCOC1CC(n2cc(C(C)=O)cc2C(=O)O)C1. The Kier molecular flexibility index (Phi) is 3.52. The number of rotatable bonds is 5. The van der Waals surface area contributed by atoms with Crippen molar-refractivity contribution < 1.29 is 19.4 Å². The Bertz CT molecular complexity index is 471. The summed E-state index contributed by atoms with van der Waals surface area (Å²) in [6, 6.07) is 1.57. The monoisotopic (exact) mass is 251 g/mol. The van der Waals surface area contributed by atoms with Crippen molar-refractivity contribution in [3.63, 3.8) is 0 Å². The van der Waals surface area contributed by atoms with Crippen molar-refractivity contribution in [3.05, 3.63) is 23.5 Å². The number of carbonyl (C=O) groups excluding carboxylic acids is 1. The van der Waals surface area contributed by atoms with E-state index in [0.29, 0.717) is 12.2 Å². The molecule has 1 heterocycles. The molecule has 1 aromatic heterocycles. The minimum absolute atomic E-state index is 0.114. The smallest absolute Gasteiger partial charge is 0.352 e. The van der Waals surface area contributed by atoms with Crippen molar-refractivity contribution in [3.8, 4) is 0 Å². The topological polar surface area (TPSA) is 68.5 Å². The van der Waals surface area contributed by atoms with Crippen molar-refractivity contribution in [1.82, 2.24) is 4.57 Å². The largest absolute Gasteiger partial charge is 0.477 e. The van der Waals surface area contributed by atoms with Crippen molar-refractivity contribution in [1.29, 1.82) is 0 Å². The van der Waals surface area contributed by atoms with E-state index in [0.717, 1.165) is 12.8 Å². The van der Waals surface area contributed by atoms with E-state index < -0.39 is 5.97 Å². The number of carbonyl (C=O) groups is 2. The number of aromatic carboxylic acids is 1. The lowest BCUT2D eigenvalue weighted by molar-refractivity contribution is -0.0204. The Morgan fingerprint density at radius 3 is 2.67 bits per heavy atom. The van der Waals surface area contributed by atoms with Gasteiger partial charge in [-0.1, -0.05) is 0 Å². The van der Waals surface area contributed by atoms with Gasteiger partial charge in [-0.3, -0.25) is 4.79 Å². The molecule has 18 heavy (non-hydrogen) atoms. The summed E-state index contributed by atoms with van der Waals surface area (Å²) < 4.78 is 7.15. The molecule has 98 valence electrons. The minimum atomic E-state index is -0.998. The summed E-state index contributed by atoms with van der Waals surface area (Å²) in [4.78, 5) is 22.4. The molecule has 0 atom stereocenters. The summed E-state index contributed by atoms with van der Waals surface area (Å²) >= 11 is 0. The summed E-state index contributed by atoms with van der Waals surface area (Å²) in [5.41, 5.74) is 0.632. The maximum absolute atomic E-state index is 11.3. The van der Waals surface area contributed by atoms with E-state index in [9.17, 15) is 9.59 Å². The molecular formula is C13H17NO4. The molecule has 0 saturated heterocycles. The molecule has 1 aliphatic carbocycles. The van der Waals surface area contributed by atoms with Gasteiger partial charge in [0.15, 0.2) is 5.78 Å². The molecule has 0 spiro atoms. The van der Waals surface area contributed by atoms with Gasteiger partial charge in [0, 0.05) is 24.4 Å². The maximum Gasteiger partial charge on any atom is 0.352 e. The molecule has 0 aliphatic heterocycles. The average Bonchev–Trinajstić information content (AvgIpc) is 2.67. The van der Waals surface area contributed by atoms with E-state index in [4.69, 9.17) is 9.84 Å². The molecule has 1 aliphatic rings. The molecule has 1 N–H and O–H groups in total. The standard InChI is InChI=1S/C13H17NO4/c1-3-18-11-5-10(6-11)14-7-9(8(2)15)4-12(14)13(16)17/h4,7,10-11H,3,5-6H2,1-2H3,(H,16,17). The number of Topliss-reactive ketones (excluding diaryl/α,β-unsaturated/α-hetero) is 1. The van der Waals surface area contributed by atoms with Crippen LogP contribution in [0.2, 0.25) is 0 Å². The first-order chi connectivity index (χ1) is 8.52. The lowest BCUT2D eigenvalue weighted by atomic mass is 9.89. The van der Waals surface area contributed by atoms with E-state index >= 15 is 0 Å². The molecule has 0 bridgehead atoms. The maximum atomic E-state index is 11.3. The first kappa shape index (κ1) is 12.8. The van der Waals surface area contributed by atoms with Crippen LogP contribution in [0.3, 0.4) is 0 Å². The van der Waals surface area contributed by atoms with Gasteiger partial charge in [-0.2, -0.15) is 0 Å². The molecule has 1 saturated carbocycles. The molecule has 0 radical (unpaired) electrons. The molecule has 1 aromatic rings. The van der Waals surface area contributed by atoms with E-state index in [1.54, 1.807) is 10.8 Å². The average molecular weight is 251 g/mol. The summed E-state index contributed by atoms with van der Waals surface area (Å²) in [5, 5.41) is 9.14. The van der Waals surface area contributed by atoms with Gasteiger partial charge in [-0.15, -0.1) is 0 Å². The zero-order valence-corrected chi connectivity index (χ0v) is 10.5. The van der Waals surface area contributed by atoms with Crippen LogP contribution in [0, 0.1) is 0 Å². The normalized spacial score (nSPS) is 22.6. The first-order valence-electron chi connectivity index (χ1n) is 6.10. The Morgan fingerprint density at radius 1 is 1.50 bits per heavy atom. The lowest BCUT2D eigenvalue weighted by Gasteiger charge is -2.36. The quantitative estimate of drug-likeness (QED) is 0.814. The van der Waals surface area contributed by atoms with Gasteiger partial charge >= 0.3 is 5.97 Å². The Morgan fingerprint density at radius 2 is 2.17 bits per heavy atom. The third-order valence-electron chi connectivity index (χ3n) is 3.34. The zero-order valence-electron chi connectivity index (χ0n) is 10.5. The number of aromatic nitrogens is 1. The van der Waals surface area contributed by atoms with Crippen LogP contribution in [0.4, 0.5) is 0 Å². The van der Waals surface area contributed by atoms with Crippen molar-refractivity contribution in [2.24, 2.45) is 0 Å². The van der Waals surface area contributed by atoms with Gasteiger partial charge in [0.05, 0.1) is 6.10 Å². The van der Waals surface area contributed by atoms with Gasteiger partial charge < -0.3 is 14.4 Å². The molecule has 2 rings (SSSR count). The zero-order chi connectivity index (χ0) is 13.3. The highest BCUT2D eigenvalue weighted by Crippen LogP contribution is 2.36. The van der Waals surface area contributed by atoms with E-state index in [-0.39, 0.29) is 23.6 Å². The number of carboxylic acids is 1. The third-order valence-corrected chi connectivity index (χ3v) is 3.34. The van der Waals surface area contributed by atoms with Gasteiger partial charge in [-0.05, 0) is 32.8 Å². The van der Waals surface area contributed by atoms with Crippen LogP contribution in [0.15, 0.2) is 12.3 Å². The number of ketones is 1. The second-order valence-corrected chi connectivity index (χ2v) is 4.59. The fraction of sp³-hybridized carbons (Fsp3) is 0.538. The van der Waals surface area contributed by atoms with Crippen LogP contribution < -0.4 is 0 Å². The Balaban J connectivity index is 2.17. The van der Waals surface area contributed by atoms with Crippen molar-refractivity contribution in [2.75, 3.05) is 6.61 Å². The van der Waals surface area contributed by atoms with Gasteiger partial charge in [0.2, 0.25) is 0 Å². The van der Waals surface area contributed by atoms with Crippen LogP contribution in [0.5, 0.6) is 0 Å². The van der Waals surface area contributed by atoms with Crippen LogP contribution in [0.1, 0.15) is 53.6 Å². The fourth-order valence-electron chi connectivity index (χ4n) is 2.28. The highest BCUT2D eigenvalue weighted by molar-refractivity contribution is 5.97. The van der Waals surface area contributed by atoms with E-state index in [1.165, 1.54) is 13.0 Å². The fourth-order valence-corrected chi connectivity index (χ4v) is 2.28. The molecule has 1 fully saturated rings. The number of hydrogen-bond acceptors (Lipinski definition) is 3. The van der Waals surface area contributed by atoms with Crippen LogP contribution in [0.25, 0.3) is 0 Å². The number of ether oxygens (including phenoxy) is 1. The molecule has 0 aromatic carbocycles. The summed E-state index contributed by atoms with van der Waals surface area (Å²) in [5.74, 6) is -1.11. The summed E-state index contributed by atoms with van der Waals surface area (Å²) in [6.45, 7) is 4.06. The van der Waals surface area contributed by atoms with Gasteiger partial charge in [0.1, 0.15) is 5.69 Å². The summed E-state index contributed by atoms with van der Waals surface area (Å²) in [7, 11) is 0. The van der Waals surface area contributed by atoms with Gasteiger partial charge in [0.25, 0.3) is 0 Å². The highest BCUT2D eigenvalue weighted by atomic mass is 16.5. The van der Waals surface area contributed by atoms with E-state index in [1.807, 2.05) is 6.92 Å².